The molecule has 0 bridgehead atoms. The maximum absolute atomic E-state index is 12.1. The van der Waals surface area contributed by atoms with Crippen molar-refractivity contribution in [2.45, 2.75) is 287 Å². The molecule has 0 fully saturated rings. The van der Waals surface area contributed by atoms with Crippen molar-refractivity contribution in [2.24, 2.45) is 23.7 Å². The van der Waals surface area contributed by atoms with Gasteiger partial charge in [0.05, 0.1) is 43.7 Å². The van der Waals surface area contributed by atoms with Crippen molar-refractivity contribution >= 4 is 30.0 Å². The SMILES string of the molecule is CC(C=O)Cc1ccc(O)cc1.CCCCCC=CC(C)Cc1ccc(O)cc1.CCCCCC=CC(C)Cc1ccc(OC(C)C)cc1.CCCCCC=CC(Cc1ccc(OC(C)C)cc1)NC(=O)CCC.CCCCCC=CC(Cc1ccc(OC(COO)COO)cc1)NC(=O)CCC(=O)O.COC(=O)C(C)Cc1ccc(O)cc1. The molecule has 6 aromatic carbocycles. The van der Waals surface area contributed by atoms with Gasteiger partial charge in [-0.15, -0.1) is 0 Å². The van der Waals surface area contributed by atoms with E-state index in [-0.39, 0.29) is 91.5 Å². The minimum absolute atomic E-state index is 0.0505. The molecular weight excluding hydrogens is 1500 g/mol. The number of carboxylic acid groups (broad SMARTS) is 1. The number of carbonyl (C=O) groups excluding carboxylic acids is 4. The van der Waals surface area contributed by atoms with E-state index in [9.17, 15) is 29.1 Å². The van der Waals surface area contributed by atoms with Crippen LogP contribution in [-0.2, 0) is 77.0 Å². The number of aldehydes is 1. The van der Waals surface area contributed by atoms with Crippen molar-refractivity contribution in [1.29, 1.82) is 0 Å². The number of amides is 2. The second-order valence-electron chi connectivity index (χ2n) is 31.0. The smallest absolute Gasteiger partial charge is 0.308 e. The number of benzene rings is 6. The zero-order valence-electron chi connectivity index (χ0n) is 74.2. The number of aliphatic carboxylic acids is 1. The van der Waals surface area contributed by atoms with Gasteiger partial charge in [-0.3, -0.25) is 29.7 Å². The maximum Gasteiger partial charge on any atom is 0.308 e. The lowest BCUT2D eigenvalue weighted by molar-refractivity contribution is -0.286. The number of nitrogens with one attached hydrogen (secondary N) is 2. The number of rotatable bonds is 51. The molecule has 6 aromatic rings. The fraction of sp³-hybridized carbons (Fsp3) is 0.510. The van der Waals surface area contributed by atoms with E-state index in [2.05, 4.69) is 153 Å². The first kappa shape index (κ1) is 107. The summed E-state index contributed by atoms with van der Waals surface area (Å²) >= 11 is 0. The van der Waals surface area contributed by atoms with Crippen molar-refractivity contribution in [3.8, 4) is 34.5 Å². The van der Waals surface area contributed by atoms with E-state index < -0.39 is 12.1 Å². The highest BCUT2D eigenvalue weighted by atomic mass is 17.1. The van der Waals surface area contributed by atoms with Crippen molar-refractivity contribution in [2.75, 3.05) is 20.3 Å². The molecule has 0 radical (unpaired) electrons. The second kappa shape index (κ2) is 69.3. The maximum atomic E-state index is 12.1. The first-order valence-electron chi connectivity index (χ1n) is 43.4. The third kappa shape index (κ3) is 58.9. The summed E-state index contributed by atoms with van der Waals surface area (Å²) in [5.74, 6) is 2.88. The Morgan fingerprint density at radius 1 is 0.370 bits per heavy atom. The molecule has 660 valence electrons. The van der Waals surface area contributed by atoms with Gasteiger partial charge in [-0.1, -0.05) is 235 Å². The molecule has 6 atom stereocenters. The standard InChI is InChI=1S/C22H33NO8.C22H35NO2.C19H30O.C16H24O.C11H14O3.C10H12O2/c1-2-3-4-5-6-7-18(23-21(24)12-13-22(25)26)14-17-8-10-19(11-9-17)31-20(15-29-27)16-30-28;1-5-7-8-9-10-12-20(23-22(24)11-6-2)17-19-13-15-21(16-14-19)25-18(3)4;1-5-6-7-8-9-10-17(4)15-18-11-13-19(14-12-18)20-16(2)3;1-3-4-5-6-7-8-14(2)13-15-9-11-16(17)12-10-15;1-8(11(13)14-2)7-9-3-5-10(12)6-4-9;1-8(7-11)6-9-2-4-10(12)5-3-9/h6-11,18,20,27-28H,2-5,12-16H2,1H3,(H,23,24)(H,25,26);10,12-16,18,20H,5-9,11,17H2,1-4H3,(H,23,24);9-14,16-17H,5-8,15H2,1-4H3;7-12,14,17H,3-6,13H2,1-2H3;3-6,8,12H,7H2,1-2H3;2-5,7-8,12H,6H2,1H3. The molecule has 0 heterocycles. The number of ether oxygens (including phenoxy) is 4. The van der Waals surface area contributed by atoms with Gasteiger partial charge in [-0.2, -0.15) is 0 Å². The molecule has 8 N–H and O–H groups in total. The molecule has 0 spiro atoms. The number of phenols is 3. The lowest BCUT2D eigenvalue weighted by atomic mass is 10.00. The summed E-state index contributed by atoms with van der Waals surface area (Å²) in [6.07, 6.45) is 43.8. The molecule has 19 nitrogen and oxygen atoms in total. The summed E-state index contributed by atoms with van der Waals surface area (Å²) < 4.78 is 21.5. The van der Waals surface area contributed by atoms with Crippen LogP contribution >= 0.6 is 0 Å². The fourth-order valence-electron chi connectivity index (χ4n) is 12.0. The first-order valence-corrected chi connectivity index (χ1v) is 43.4. The minimum Gasteiger partial charge on any atom is -0.508 e. The van der Waals surface area contributed by atoms with Crippen LogP contribution < -0.4 is 24.8 Å². The van der Waals surface area contributed by atoms with E-state index in [0.29, 0.717) is 42.6 Å². The molecule has 0 aliphatic heterocycles. The zero-order valence-corrected chi connectivity index (χ0v) is 74.2. The van der Waals surface area contributed by atoms with Gasteiger partial charge < -0.3 is 54.8 Å². The molecule has 6 rings (SSSR count). The zero-order chi connectivity index (χ0) is 88.2. The normalized spacial score (nSPS) is 12.6. The van der Waals surface area contributed by atoms with E-state index in [0.717, 1.165) is 98.7 Å². The lowest BCUT2D eigenvalue weighted by Gasteiger charge is -2.17. The highest BCUT2D eigenvalue weighted by Gasteiger charge is 2.17. The van der Waals surface area contributed by atoms with Gasteiger partial charge >= 0.3 is 11.9 Å². The van der Waals surface area contributed by atoms with Crippen molar-refractivity contribution in [3.05, 3.63) is 228 Å². The first-order chi connectivity index (χ1) is 57.2. The van der Waals surface area contributed by atoms with E-state index in [1.807, 2.05) is 95.3 Å². The Hall–Kier alpha value is -9.53. The van der Waals surface area contributed by atoms with E-state index in [1.54, 1.807) is 60.7 Å². The number of carbonyl (C=O) groups is 5. The van der Waals surface area contributed by atoms with Gasteiger partial charge in [-0.05, 0) is 242 Å². The van der Waals surface area contributed by atoms with Crippen LogP contribution in [0.5, 0.6) is 34.5 Å². The second-order valence-corrected chi connectivity index (χ2v) is 31.0. The van der Waals surface area contributed by atoms with Gasteiger partial charge in [0.2, 0.25) is 11.8 Å². The fourth-order valence-corrected chi connectivity index (χ4v) is 12.0. The average Bonchev–Trinajstić information content (AvgIpc) is 0.872. The number of carboxylic acids is 1. The van der Waals surface area contributed by atoms with Crippen LogP contribution in [0.2, 0.25) is 0 Å². The molecule has 119 heavy (non-hydrogen) atoms. The molecule has 0 saturated carbocycles. The third-order valence-corrected chi connectivity index (χ3v) is 18.4. The number of unbranched alkanes of at least 4 members (excludes halogenated alkanes) is 12. The number of aromatic hydroxyl groups is 3. The minimum atomic E-state index is -1.01. The van der Waals surface area contributed by atoms with E-state index in [4.69, 9.17) is 40.0 Å². The number of allylic oxidation sites excluding steroid dienone is 6. The number of methoxy groups -OCH3 is 1. The quantitative estimate of drug-likeness (QED) is 0.00440. The van der Waals surface area contributed by atoms with Crippen molar-refractivity contribution in [1.82, 2.24) is 10.6 Å². The van der Waals surface area contributed by atoms with Crippen molar-refractivity contribution < 1.29 is 83.6 Å². The average molecular weight is 1650 g/mol. The van der Waals surface area contributed by atoms with Gasteiger partial charge in [0, 0.05) is 18.8 Å². The Labute approximate surface area is 714 Å². The molecule has 6 unspecified atom stereocenters. The molecule has 0 aliphatic rings. The van der Waals surface area contributed by atoms with Gasteiger partial charge in [0.25, 0.3) is 0 Å². The van der Waals surface area contributed by atoms with Crippen LogP contribution in [0.15, 0.2) is 194 Å². The number of hydrogen-bond donors (Lipinski definition) is 8. The van der Waals surface area contributed by atoms with E-state index >= 15 is 0 Å². The van der Waals surface area contributed by atoms with Crippen molar-refractivity contribution in [3.63, 3.8) is 0 Å². The van der Waals surface area contributed by atoms with E-state index in [1.165, 1.54) is 94.4 Å². The lowest BCUT2D eigenvalue weighted by Crippen LogP contribution is -2.35. The number of esters is 1. The third-order valence-electron chi connectivity index (χ3n) is 18.4. The summed E-state index contributed by atoms with van der Waals surface area (Å²) in [5, 5.41) is 59.1. The summed E-state index contributed by atoms with van der Waals surface area (Å²) in [4.78, 5) is 64.3. The van der Waals surface area contributed by atoms with Gasteiger partial charge in [-0.25, -0.2) is 9.78 Å². The molecule has 0 aromatic heterocycles. The predicted molar refractivity (Wildman–Crippen MR) is 482 cm³/mol. The number of hydrogen-bond acceptors (Lipinski definition) is 16. The predicted octanol–water partition coefficient (Wildman–Crippen LogP) is 22.9. The largest absolute Gasteiger partial charge is 0.508 e. The van der Waals surface area contributed by atoms with Crippen LogP contribution in [-0.4, -0.2) is 112 Å². The summed E-state index contributed by atoms with van der Waals surface area (Å²) in [6, 6.07) is 44.9. The Bertz CT molecular complexity index is 3650. The molecule has 0 saturated heterocycles. The van der Waals surface area contributed by atoms with Crippen LogP contribution in [0.25, 0.3) is 0 Å². The van der Waals surface area contributed by atoms with Crippen LogP contribution in [0.1, 0.15) is 252 Å². The topological polar surface area (TPSA) is 286 Å². The highest BCUT2D eigenvalue weighted by Crippen LogP contribution is 2.22. The highest BCUT2D eigenvalue weighted by molar-refractivity contribution is 5.81. The summed E-state index contributed by atoms with van der Waals surface area (Å²) in [6.45, 7) is 26.9. The summed E-state index contributed by atoms with van der Waals surface area (Å²) in [7, 11) is 1.38. The van der Waals surface area contributed by atoms with Crippen LogP contribution in [0.3, 0.4) is 0 Å². The monoisotopic (exact) mass is 1650 g/mol. The summed E-state index contributed by atoms with van der Waals surface area (Å²) in [5.41, 5.74) is 6.91. The number of phenolic OH excluding ortho intramolecular Hbond substituents is 3. The van der Waals surface area contributed by atoms with Crippen LogP contribution in [0, 0.1) is 23.7 Å². The molecule has 2 amide bonds. The molecule has 0 aliphatic carbocycles. The Kier molecular flexibility index (Phi) is 62.6. The van der Waals surface area contributed by atoms with Gasteiger partial charge in [0.15, 0.2) is 6.10 Å². The Balaban J connectivity index is 0.000000733. The Morgan fingerprint density at radius 3 is 0.975 bits per heavy atom. The van der Waals surface area contributed by atoms with Gasteiger partial charge in [0.1, 0.15) is 54.0 Å². The Morgan fingerprint density at radius 2 is 0.672 bits per heavy atom. The molecular formula is C100H148N2O17. The van der Waals surface area contributed by atoms with Crippen LogP contribution in [0.4, 0.5) is 0 Å². The molecule has 19 heteroatoms.